The maximum Gasteiger partial charge on any atom is 0.0893 e. The van der Waals surface area contributed by atoms with Crippen LogP contribution in [0.1, 0.15) is 66.2 Å². The molecule has 4 nitrogen and oxygen atoms in total. The number of aliphatic hydroxyl groups is 3. The minimum Gasteiger partial charge on any atom is -0.396 e. The first-order valence-corrected chi connectivity index (χ1v) is 9.27. The van der Waals surface area contributed by atoms with E-state index < -0.39 is 17.1 Å². The molecule has 3 aliphatic rings. The summed E-state index contributed by atoms with van der Waals surface area (Å²) in [5.74, 6) is 0.691. The van der Waals surface area contributed by atoms with Crippen molar-refractivity contribution in [3.63, 3.8) is 0 Å². The molecule has 4 heteroatoms. The Hall–Kier alpha value is -0.160. The smallest absolute Gasteiger partial charge is 0.0893 e. The van der Waals surface area contributed by atoms with Crippen LogP contribution in [0.15, 0.2) is 0 Å². The summed E-state index contributed by atoms with van der Waals surface area (Å²) < 4.78 is 6.67. The minimum absolute atomic E-state index is 0.0240. The number of hydrogen-bond acceptors (Lipinski definition) is 4. The molecule has 0 aromatic heterocycles. The molecule has 134 valence electrons. The zero-order valence-electron chi connectivity index (χ0n) is 15.1. The predicted octanol–water partition coefficient (Wildman–Crippen LogP) is 2.49. The van der Waals surface area contributed by atoms with Crippen molar-refractivity contribution in [1.82, 2.24) is 0 Å². The number of fused-ring (bicyclic) bond motifs is 2. The van der Waals surface area contributed by atoms with Crippen molar-refractivity contribution in [3.8, 4) is 0 Å². The standard InChI is InChI=1S/C19H34O4/c1-13-5-6-14-17(3,12-21)15(22)7-8-18(14,4)19(13)10-9-16(2,11-20)23-19/h13-15,20-22H,5-12H2,1-4H3/t13-,14-,15+,16-,17+,18-,19-/m0/s1. The highest BCUT2D eigenvalue weighted by molar-refractivity contribution is 5.17. The maximum atomic E-state index is 10.6. The molecule has 3 N–H and O–H groups in total. The van der Waals surface area contributed by atoms with Crippen LogP contribution in [-0.2, 0) is 4.74 Å². The zero-order valence-corrected chi connectivity index (χ0v) is 15.1. The summed E-state index contributed by atoms with van der Waals surface area (Å²) in [5, 5.41) is 30.5. The lowest BCUT2D eigenvalue weighted by Gasteiger charge is -2.65. The van der Waals surface area contributed by atoms with Gasteiger partial charge >= 0.3 is 0 Å². The second-order valence-corrected chi connectivity index (χ2v) is 9.27. The summed E-state index contributed by atoms with van der Waals surface area (Å²) in [4.78, 5) is 0. The van der Waals surface area contributed by atoms with Crippen molar-refractivity contribution in [2.24, 2.45) is 22.7 Å². The molecular formula is C19H34O4. The highest BCUT2D eigenvalue weighted by Gasteiger charge is 2.68. The van der Waals surface area contributed by atoms with Crippen LogP contribution in [0.25, 0.3) is 0 Å². The largest absolute Gasteiger partial charge is 0.396 e. The van der Waals surface area contributed by atoms with Gasteiger partial charge in [0.1, 0.15) is 0 Å². The third-order valence-electron chi connectivity index (χ3n) is 8.04. The van der Waals surface area contributed by atoms with Crippen molar-refractivity contribution >= 4 is 0 Å². The monoisotopic (exact) mass is 326 g/mol. The Bertz CT molecular complexity index is 468. The third-order valence-corrected chi connectivity index (χ3v) is 8.04. The quantitative estimate of drug-likeness (QED) is 0.729. The first-order valence-electron chi connectivity index (χ1n) is 9.27. The Morgan fingerprint density at radius 2 is 1.65 bits per heavy atom. The maximum absolute atomic E-state index is 10.6. The topological polar surface area (TPSA) is 69.9 Å². The second-order valence-electron chi connectivity index (χ2n) is 9.27. The Morgan fingerprint density at radius 3 is 2.22 bits per heavy atom. The average molecular weight is 326 g/mol. The highest BCUT2D eigenvalue weighted by Crippen LogP contribution is 2.67. The SMILES string of the molecule is C[C@H]1CC[C@H]2[C@@](C)(CO)[C@H](O)CC[C@]2(C)[C@]12CC[C@@](C)(CO)O2. The predicted molar refractivity (Wildman–Crippen MR) is 89.0 cm³/mol. The Balaban J connectivity index is 2.04. The molecular weight excluding hydrogens is 292 g/mol. The van der Waals surface area contributed by atoms with Crippen molar-refractivity contribution in [2.75, 3.05) is 13.2 Å². The van der Waals surface area contributed by atoms with Crippen LogP contribution in [0.3, 0.4) is 0 Å². The summed E-state index contributed by atoms with van der Waals surface area (Å²) in [6, 6.07) is 0. The van der Waals surface area contributed by atoms with Gasteiger partial charge in [0.15, 0.2) is 0 Å². The third kappa shape index (κ3) is 2.18. The minimum atomic E-state index is -0.457. The van der Waals surface area contributed by atoms with E-state index >= 15 is 0 Å². The van der Waals surface area contributed by atoms with Gasteiger partial charge in [-0.25, -0.2) is 0 Å². The molecule has 2 saturated carbocycles. The molecule has 2 aliphatic carbocycles. The van der Waals surface area contributed by atoms with Crippen LogP contribution in [0.4, 0.5) is 0 Å². The van der Waals surface area contributed by atoms with E-state index in [1.165, 1.54) is 0 Å². The van der Waals surface area contributed by atoms with Gasteiger partial charge in [-0.05, 0) is 57.3 Å². The Morgan fingerprint density at radius 1 is 0.957 bits per heavy atom. The van der Waals surface area contributed by atoms with Gasteiger partial charge in [-0.15, -0.1) is 0 Å². The fraction of sp³-hybridized carbons (Fsp3) is 1.00. The van der Waals surface area contributed by atoms with E-state index in [1.54, 1.807) is 0 Å². The number of aliphatic hydroxyl groups excluding tert-OH is 3. The second kappa shape index (κ2) is 5.42. The van der Waals surface area contributed by atoms with E-state index in [1.807, 2.05) is 13.8 Å². The van der Waals surface area contributed by atoms with Crippen LogP contribution >= 0.6 is 0 Å². The van der Waals surface area contributed by atoms with Gasteiger partial charge in [0.05, 0.1) is 30.5 Å². The molecule has 0 aromatic rings. The van der Waals surface area contributed by atoms with E-state index in [0.29, 0.717) is 5.92 Å². The lowest BCUT2D eigenvalue weighted by molar-refractivity contribution is -0.268. The molecule has 0 unspecified atom stereocenters. The number of rotatable bonds is 2. The first kappa shape index (κ1) is 17.7. The van der Waals surface area contributed by atoms with Gasteiger partial charge in [0.25, 0.3) is 0 Å². The Labute approximate surface area is 140 Å². The lowest BCUT2D eigenvalue weighted by atomic mass is 9.43. The molecule has 1 heterocycles. The molecule has 1 spiro atoms. The molecule has 0 aromatic carbocycles. The zero-order chi connectivity index (χ0) is 17.1. The molecule has 0 amide bonds. The first-order chi connectivity index (χ1) is 10.7. The van der Waals surface area contributed by atoms with Crippen molar-refractivity contribution in [3.05, 3.63) is 0 Å². The molecule has 3 rings (SSSR count). The Kier molecular flexibility index (Phi) is 4.16. The molecule has 0 bridgehead atoms. The normalized spacial score (nSPS) is 56.7. The van der Waals surface area contributed by atoms with Gasteiger partial charge in [0, 0.05) is 10.8 Å². The van der Waals surface area contributed by atoms with Crippen LogP contribution in [0.2, 0.25) is 0 Å². The van der Waals surface area contributed by atoms with E-state index in [2.05, 4.69) is 13.8 Å². The van der Waals surface area contributed by atoms with Crippen molar-refractivity contribution < 1.29 is 20.1 Å². The number of hydrogen-bond donors (Lipinski definition) is 3. The summed E-state index contributed by atoms with van der Waals surface area (Å²) in [6.45, 7) is 8.74. The molecule has 3 fully saturated rings. The van der Waals surface area contributed by atoms with E-state index in [0.717, 1.165) is 38.5 Å². The summed E-state index contributed by atoms with van der Waals surface area (Å²) in [7, 11) is 0. The molecule has 1 saturated heterocycles. The van der Waals surface area contributed by atoms with E-state index in [-0.39, 0.29) is 30.1 Å². The van der Waals surface area contributed by atoms with Gasteiger partial charge in [-0.1, -0.05) is 20.8 Å². The molecule has 7 atom stereocenters. The van der Waals surface area contributed by atoms with Gasteiger partial charge in [0.2, 0.25) is 0 Å². The van der Waals surface area contributed by atoms with E-state index in [9.17, 15) is 15.3 Å². The highest BCUT2D eigenvalue weighted by atomic mass is 16.5. The van der Waals surface area contributed by atoms with Gasteiger partial charge in [-0.2, -0.15) is 0 Å². The molecule has 0 radical (unpaired) electrons. The van der Waals surface area contributed by atoms with Crippen LogP contribution in [0, 0.1) is 22.7 Å². The van der Waals surface area contributed by atoms with Gasteiger partial charge in [-0.3, -0.25) is 0 Å². The van der Waals surface area contributed by atoms with Crippen LogP contribution in [0.5, 0.6) is 0 Å². The van der Waals surface area contributed by atoms with Gasteiger partial charge < -0.3 is 20.1 Å². The summed E-state index contributed by atoms with van der Waals surface area (Å²) in [6.07, 6.45) is 5.15. The van der Waals surface area contributed by atoms with Crippen LogP contribution < -0.4 is 0 Å². The number of ether oxygens (including phenoxy) is 1. The molecule has 1 aliphatic heterocycles. The van der Waals surface area contributed by atoms with Crippen LogP contribution in [-0.4, -0.2) is 45.8 Å². The van der Waals surface area contributed by atoms with Crippen molar-refractivity contribution in [1.29, 1.82) is 0 Å². The fourth-order valence-corrected chi connectivity index (χ4v) is 6.34. The summed E-state index contributed by atoms with van der Waals surface area (Å²) in [5.41, 5.74) is -1.22. The van der Waals surface area contributed by atoms with Crippen molar-refractivity contribution in [2.45, 2.75) is 83.5 Å². The molecule has 23 heavy (non-hydrogen) atoms. The lowest BCUT2D eigenvalue weighted by Crippen LogP contribution is -2.66. The average Bonchev–Trinajstić information content (AvgIpc) is 2.90. The summed E-state index contributed by atoms with van der Waals surface area (Å²) >= 11 is 0. The van der Waals surface area contributed by atoms with E-state index in [4.69, 9.17) is 4.74 Å². The fourth-order valence-electron chi connectivity index (χ4n) is 6.34.